The number of halogens is 2. The molecule has 0 aliphatic rings. The Labute approximate surface area is 124 Å². The monoisotopic (exact) mass is 299 g/mol. The van der Waals surface area contributed by atoms with Gasteiger partial charge >= 0.3 is 5.97 Å². The third kappa shape index (κ3) is 4.24. The van der Waals surface area contributed by atoms with Gasteiger partial charge in [-0.1, -0.05) is 19.9 Å². The van der Waals surface area contributed by atoms with E-state index >= 15 is 0 Å². The fraction of sp³-hybridized carbons (Fsp3) is 0.562. The van der Waals surface area contributed by atoms with E-state index in [9.17, 15) is 18.7 Å². The average molecular weight is 299 g/mol. The van der Waals surface area contributed by atoms with Crippen LogP contribution in [-0.4, -0.2) is 34.6 Å². The first-order valence-corrected chi connectivity index (χ1v) is 7.27. The van der Waals surface area contributed by atoms with Crippen LogP contribution in [0.5, 0.6) is 0 Å². The number of nitrogens with zero attached hydrogens (tertiary/aromatic N) is 1. The van der Waals surface area contributed by atoms with Gasteiger partial charge in [0.1, 0.15) is 5.54 Å². The molecule has 0 saturated heterocycles. The second kappa shape index (κ2) is 7.50. The van der Waals surface area contributed by atoms with Crippen LogP contribution in [0, 0.1) is 11.6 Å². The second-order valence-electron chi connectivity index (χ2n) is 5.49. The molecule has 1 aromatic rings. The van der Waals surface area contributed by atoms with Gasteiger partial charge in [0.2, 0.25) is 0 Å². The summed E-state index contributed by atoms with van der Waals surface area (Å²) in [6, 6.07) is 3.55. The van der Waals surface area contributed by atoms with Gasteiger partial charge in [-0.05, 0) is 50.6 Å². The van der Waals surface area contributed by atoms with Crippen molar-refractivity contribution in [1.29, 1.82) is 0 Å². The van der Waals surface area contributed by atoms with Gasteiger partial charge in [0.25, 0.3) is 0 Å². The lowest BCUT2D eigenvalue weighted by Crippen LogP contribution is -2.54. The average Bonchev–Trinajstić information content (AvgIpc) is 2.42. The lowest BCUT2D eigenvalue weighted by atomic mass is 9.90. The largest absolute Gasteiger partial charge is 0.480 e. The van der Waals surface area contributed by atoms with Crippen molar-refractivity contribution in [1.82, 2.24) is 4.90 Å². The summed E-state index contributed by atoms with van der Waals surface area (Å²) < 4.78 is 26.3. The molecule has 1 N–H and O–H groups in total. The number of hydrogen-bond donors (Lipinski definition) is 1. The minimum atomic E-state index is -1.13. The summed E-state index contributed by atoms with van der Waals surface area (Å²) in [5.41, 5.74) is -0.646. The predicted molar refractivity (Wildman–Crippen MR) is 78.3 cm³/mol. The van der Waals surface area contributed by atoms with Gasteiger partial charge in [-0.15, -0.1) is 0 Å². The molecule has 0 aliphatic carbocycles. The third-order valence-corrected chi connectivity index (χ3v) is 3.68. The Balaban J connectivity index is 3.08. The van der Waals surface area contributed by atoms with E-state index in [1.54, 1.807) is 6.92 Å². The number of benzene rings is 1. The summed E-state index contributed by atoms with van der Waals surface area (Å²) in [6.45, 7) is 6.92. The molecule has 0 amide bonds. The number of carboxylic acid groups (broad SMARTS) is 1. The van der Waals surface area contributed by atoms with Crippen molar-refractivity contribution in [3.8, 4) is 0 Å². The summed E-state index contributed by atoms with van der Waals surface area (Å²) >= 11 is 0. The Morgan fingerprint density at radius 3 is 2.19 bits per heavy atom. The minimum Gasteiger partial charge on any atom is -0.480 e. The fourth-order valence-electron chi connectivity index (χ4n) is 2.51. The van der Waals surface area contributed by atoms with Crippen LogP contribution in [0.3, 0.4) is 0 Å². The molecular formula is C16H23F2NO2. The normalized spacial score (nSPS) is 14.2. The summed E-state index contributed by atoms with van der Waals surface area (Å²) in [4.78, 5) is 13.7. The van der Waals surface area contributed by atoms with Crippen LogP contribution < -0.4 is 0 Å². The molecule has 0 aromatic heterocycles. The number of rotatable bonds is 8. The van der Waals surface area contributed by atoms with Crippen molar-refractivity contribution in [2.45, 2.75) is 45.6 Å². The molecule has 0 spiro atoms. The SMILES string of the molecule is CCCN(CCC)C(C)(Cc1ccc(F)c(F)c1)C(=O)O. The first-order chi connectivity index (χ1) is 9.85. The number of hydrogen-bond acceptors (Lipinski definition) is 2. The second-order valence-corrected chi connectivity index (χ2v) is 5.49. The van der Waals surface area contributed by atoms with Crippen LogP contribution in [0.4, 0.5) is 8.78 Å². The molecule has 1 atom stereocenters. The van der Waals surface area contributed by atoms with E-state index in [1.807, 2.05) is 18.7 Å². The highest BCUT2D eigenvalue weighted by molar-refractivity contribution is 5.78. The van der Waals surface area contributed by atoms with Crippen LogP contribution in [0.2, 0.25) is 0 Å². The molecule has 3 nitrogen and oxygen atoms in total. The zero-order chi connectivity index (χ0) is 16.0. The van der Waals surface area contributed by atoms with E-state index in [0.717, 1.165) is 25.0 Å². The minimum absolute atomic E-state index is 0.138. The molecule has 0 aliphatic heterocycles. The molecule has 0 bridgehead atoms. The molecule has 21 heavy (non-hydrogen) atoms. The zero-order valence-corrected chi connectivity index (χ0v) is 12.8. The van der Waals surface area contributed by atoms with Crippen molar-refractivity contribution in [2.24, 2.45) is 0 Å². The van der Waals surface area contributed by atoms with Gasteiger partial charge < -0.3 is 5.11 Å². The van der Waals surface area contributed by atoms with Crippen molar-refractivity contribution >= 4 is 5.97 Å². The van der Waals surface area contributed by atoms with Crippen molar-refractivity contribution in [3.63, 3.8) is 0 Å². The summed E-state index contributed by atoms with van der Waals surface area (Å²) in [5.74, 6) is -2.82. The zero-order valence-electron chi connectivity index (χ0n) is 12.8. The van der Waals surface area contributed by atoms with Gasteiger partial charge in [0, 0.05) is 6.42 Å². The lowest BCUT2D eigenvalue weighted by Gasteiger charge is -2.38. The molecule has 0 heterocycles. The van der Waals surface area contributed by atoms with Gasteiger partial charge in [-0.3, -0.25) is 9.69 Å². The molecule has 1 rings (SSSR count). The molecule has 0 fully saturated rings. The third-order valence-electron chi connectivity index (χ3n) is 3.68. The van der Waals surface area contributed by atoms with Gasteiger partial charge in [-0.2, -0.15) is 0 Å². The van der Waals surface area contributed by atoms with E-state index < -0.39 is 23.1 Å². The molecule has 5 heteroatoms. The smallest absolute Gasteiger partial charge is 0.324 e. The molecule has 1 aromatic carbocycles. The highest BCUT2D eigenvalue weighted by Gasteiger charge is 2.39. The standard InChI is InChI=1S/C16H23F2NO2/c1-4-8-19(9-5-2)16(3,15(20)21)11-12-6-7-13(17)14(18)10-12/h6-7,10H,4-5,8-9,11H2,1-3H3,(H,20,21). The quantitative estimate of drug-likeness (QED) is 0.799. The van der Waals surface area contributed by atoms with E-state index in [4.69, 9.17) is 0 Å². The number of carboxylic acids is 1. The van der Waals surface area contributed by atoms with Crippen LogP contribution >= 0.6 is 0 Å². The van der Waals surface area contributed by atoms with E-state index in [1.165, 1.54) is 6.07 Å². The van der Waals surface area contributed by atoms with Crippen molar-refractivity contribution < 1.29 is 18.7 Å². The first kappa shape index (κ1) is 17.6. The number of carbonyl (C=O) groups is 1. The van der Waals surface area contributed by atoms with Gasteiger partial charge in [0.15, 0.2) is 11.6 Å². The predicted octanol–water partition coefficient (Wildman–Crippen LogP) is 3.47. The van der Waals surface area contributed by atoms with Crippen LogP contribution in [0.15, 0.2) is 18.2 Å². The molecule has 0 radical (unpaired) electrons. The van der Waals surface area contributed by atoms with Crippen LogP contribution in [0.1, 0.15) is 39.2 Å². The molecule has 118 valence electrons. The molecule has 0 saturated carbocycles. The Hall–Kier alpha value is -1.49. The van der Waals surface area contributed by atoms with E-state index in [-0.39, 0.29) is 6.42 Å². The number of aliphatic carboxylic acids is 1. The van der Waals surface area contributed by atoms with E-state index in [2.05, 4.69) is 0 Å². The van der Waals surface area contributed by atoms with Gasteiger partial charge in [-0.25, -0.2) is 8.78 Å². The maximum absolute atomic E-state index is 13.3. The first-order valence-electron chi connectivity index (χ1n) is 7.27. The Morgan fingerprint density at radius 2 is 1.76 bits per heavy atom. The maximum atomic E-state index is 13.3. The molecule has 1 unspecified atom stereocenters. The van der Waals surface area contributed by atoms with E-state index in [0.29, 0.717) is 18.7 Å². The highest BCUT2D eigenvalue weighted by atomic mass is 19.2. The Kier molecular flexibility index (Phi) is 6.27. The topological polar surface area (TPSA) is 40.5 Å². The fourth-order valence-corrected chi connectivity index (χ4v) is 2.51. The van der Waals surface area contributed by atoms with Crippen molar-refractivity contribution in [3.05, 3.63) is 35.4 Å². The van der Waals surface area contributed by atoms with Crippen LogP contribution in [0.25, 0.3) is 0 Å². The Bertz CT molecular complexity index is 487. The maximum Gasteiger partial charge on any atom is 0.324 e. The highest BCUT2D eigenvalue weighted by Crippen LogP contribution is 2.23. The van der Waals surface area contributed by atoms with Crippen LogP contribution in [-0.2, 0) is 11.2 Å². The van der Waals surface area contributed by atoms with Crippen molar-refractivity contribution in [2.75, 3.05) is 13.1 Å². The summed E-state index contributed by atoms with van der Waals surface area (Å²) in [7, 11) is 0. The van der Waals surface area contributed by atoms with Gasteiger partial charge in [0.05, 0.1) is 0 Å². The summed E-state index contributed by atoms with van der Waals surface area (Å²) in [6.07, 6.45) is 1.81. The Morgan fingerprint density at radius 1 is 1.19 bits per heavy atom. The molecular weight excluding hydrogens is 276 g/mol. The lowest BCUT2D eigenvalue weighted by molar-refractivity contribution is -0.150. The summed E-state index contributed by atoms with van der Waals surface area (Å²) in [5, 5.41) is 9.63.